The average molecular weight is 859 g/mol. The lowest BCUT2D eigenvalue weighted by Gasteiger charge is -2.12. The van der Waals surface area contributed by atoms with Gasteiger partial charge in [-0.2, -0.15) is 9.78 Å². The molecule has 6 aromatic rings. The highest BCUT2D eigenvalue weighted by Gasteiger charge is 2.17. The Balaban J connectivity index is 1.30. The van der Waals surface area contributed by atoms with Crippen LogP contribution in [0.25, 0.3) is 33.5 Å². The zero-order valence-electron chi connectivity index (χ0n) is 22.5. The molecule has 0 bridgehead atoms. The van der Waals surface area contributed by atoms with Crippen molar-refractivity contribution in [3.05, 3.63) is 118 Å². The van der Waals surface area contributed by atoms with E-state index in [0.29, 0.717) is 28.0 Å². The van der Waals surface area contributed by atoms with Gasteiger partial charge in [0.15, 0.2) is 12.4 Å². The maximum absolute atomic E-state index is 13.6. The summed E-state index contributed by atoms with van der Waals surface area (Å²) in [6.45, 7) is 1.80. The van der Waals surface area contributed by atoms with E-state index in [1.165, 1.54) is 4.68 Å². The highest BCUT2D eigenvalue weighted by molar-refractivity contribution is 14.1. The zero-order valence-corrected chi connectivity index (χ0v) is 28.4. The van der Waals surface area contributed by atoms with Gasteiger partial charge in [0, 0.05) is 15.5 Å². The second-order valence-electron chi connectivity index (χ2n) is 9.57. The van der Waals surface area contributed by atoms with E-state index < -0.39 is 0 Å². The number of anilines is 1. The average Bonchev–Trinajstić information content (AvgIpc) is 3.40. The normalized spacial score (nSPS) is 11.4. The Hall–Kier alpha value is -3.56. The molecule has 0 spiro atoms. The number of carbonyl (C=O) groups is 1. The molecule has 0 aliphatic rings. The van der Waals surface area contributed by atoms with Crippen molar-refractivity contribution in [1.82, 2.24) is 9.66 Å². The molecule has 1 amide bonds. The van der Waals surface area contributed by atoms with Crippen molar-refractivity contribution in [2.75, 3.05) is 11.9 Å². The molecule has 11 heteroatoms. The van der Waals surface area contributed by atoms with Gasteiger partial charge in [-0.15, -0.1) is 0 Å². The third-order valence-electron chi connectivity index (χ3n) is 6.56. The molecule has 0 unspecified atom stereocenters. The van der Waals surface area contributed by atoms with Gasteiger partial charge in [0.05, 0.1) is 24.3 Å². The molecule has 2 heterocycles. The number of para-hydroxylation sites is 2. The van der Waals surface area contributed by atoms with Gasteiger partial charge in [0.1, 0.15) is 11.3 Å². The van der Waals surface area contributed by atoms with E-state index in [-0.39, 0.29) is 23.9 Å². The molecule has 0 aliphatic carbocycles. The van der Waals surface area contributed by atoms with Crippen LogP contribution in [0.3, 0.4) is 0 Å². The molecular formula is C32H21BrI2N4O4. The van der Waals surface area contributed by atoms with Crippen LogP contribution < -0.4 is 15.6 Å². The predicted molar refractivity (Wildman–Crippen MR) is 189 cm³/mol. The van der Waals surface area contributed by atoms with Crippen LogP contribution in [0.2, 0.25) is 0 Å². The standard InChI is InChI=1S/C32H21BrI2N4O4/c1-18-6-2-4-8-25(18)37-29(40)17-42-30-23(34)12-19(13-24(30)35)16-36-39-31(38-26-9-5-3-7-22(26)32(39)41)28-15-20-14-21(33)10-11-27(20)43-28/h2-16H,17H2,1H3,(H,37,40). The highest BCUT2D eigenvalue weighted by Crippen LogP contribution is 2.30. The fraction of sp³-hybridized carbons (Fsp3) is 0.0625. The quantitative estimate of drug-likeness (QED) is 0.130. The summed E-state index contributed by atoms with van der Waals surface area (Å²) in [5.41, 5.74) is 3.37. The predicted octanol–water partition coefficient (Wildman–Crippen LogP) is 7.99. The molecule has 4 aromatic carbocycles. The number of halogens is 3. The lowest BCUT2D eigenvalue weighted by atomic mass is 10.2. The monoisotopic (exact) mass is 858 g/mol. The number of ether oxygens (including phenoxy) is 1. The Bertz CT molecular complexity index is 2100. The number of hydrogen-bond donors (Lipinski definition) is 1. The first-order chi connectivity index (χ1) is 20.8. The second-order valence-corrected chi connectivity index (χ2v) is 12.8. The third kappa shape index (κ3) is 6.38. The van der Waals surface area contributed by atoms with Crippen LogP contribution >= 0.6 is 61.1 Å². The van der Waals surface area contributed by atoms with E-state index in [4.69, 9.17) is 14.1 Å². The third-order valence-corrected chi connectivity index (χ3v) is 8.66. The van der Waals surface area contributed by atoms with Crippen molar-refractivity contribution in [2.45, 2.75) is 6.92 Å². The summed E-state index contributed by atoms with van der Waals surface area (Å²) in [6.07, 6.45) is 1.60. The minimum absolute atomic E-state index is 0.136. The Morgan fingerprint density at radius 2 is 1.79 bits per heavy atom. The number of hydrogen-bond acceptors (Lipinski definition) is 6. The Labute approximate surface area is 281 Å². The summed E-state index contributed by atoms with van der Waals surface area (Å²) in [4.78, 5) is 30.9. The molecular weight excluding hydrogens is 838 g/mol. The molecule has 2 aromatic heterocycles. The number of furan rings is 1. The number of amides is 1. The number of aryl methyl sites for hydroxylation is 1. The highest BCUT2D eigenvalue weighted by atomic mass is 127. The fourth-order valence-electron chi connectivity index (χ4n) is 4.47. The Kier molecular flexibility index (Phi) is 8.63. The molecule has 0 saturated carbocycles. The van der Waals surface area contributed by atoms with Crippen molar-refractivity contribution in [2.24, 2.45) is 5.10 Å². The van der Waals surface area contributed by atoms with Crippen LogP contribution in [-0.4, -0.2) is 28.4 Å². The van der Waals surface area contributed by atoms with Crippen molar-refractivity contribution < 1.29 is 13.9 Å². The number of nitrogens with one attached hydrogen (secondary N) is 1. The van der Waals surface area contributed by atoms with Crippen LogP contribution in [0, 0.1) is 14.1 Å². The largest absolute Gasteiger partial charge is 0.482 e. The summed E-state index contributed by atoms with van der Waals surface area (Å²) < 4.78 is 15.7. The summed E-state index contributed by atoms with van der Waals surface area (Å²) in [5, 5.41) is 8.76. The minimum atomic E-state index is -0.317. The van der Waals surface area contributed by atoms with E-state index in [1.807, 2.05) is 73.7 Å². The van der Waals surface area contributed by atoms with Crippen molar-refractivity contribution >= 4 is 101 Å². The van der Waals surface area contributed by atoms with Gasteiger partial charge in [-0.05, 0) is 118 Å². The first-order valence-corrected chi connectivity index (χ1v) is 15.9. The van der Waals surface area contributed by atoms with Crippen LogP contribution in [0.1, 0.15) is 11.1 Å². The van der Waals surface area contributed by atoms with Gasteiger partial charge in [0.2, 0.25) is 5.82 Å². The van der Waals surface area contributed by atoms with E-state index >= 15 is 0 Å². The molecule has 0 aliphatic heterocycles. The van der Waals surface area contributed by atoms with E-state index in [1.54, 1.807) is 24.4 Å². The lowest BCUT2D eigenvalue weighted by molar-refractivity contribution is -0.118. The molecule has 6 rings (SSSR count). The van der Waals surface area contributed by atoms with Crippen molar-refractivity contribution in [3.8, 4) is 17.3 Å². The van der Waals surface area contributed by atoms with Crippen LogP contribution in [-0.2, 0) is 4.79 Å². The van der Waals surface area contributed by atoms with Gasteiger partial charge in [0.25, 0.3) is 11.5 Å². The SMILES string of the molecule is Cc1ccccc1NC(=O)COc1c(I)cc(C=Nn2c(-c3cc4cc(Br)ccc4o3)nc3ccccc3c2=O)cc1I. The summed E-state index contributed by atoms with van der Waals surface area (Å²) in [7, 11) is 0. The van der Waals surface area contributed by atoms with E-state index in [0.717, 1.165) is 33.8 Å². The molecule has 0 saturated heterocycles. The molecule has 0 fully saturated rings. The van der Waals surface area contributed by atoms with Gasteiger partial charge in [-0.3, -0.25) is 9.59 Å². The Morgan fingerprint density at radius 1 is 1.05 bits per heavy atom. The molecule has 0 atom stereocenters. The number of benzene rings is 4. The van der Waals surface area contributed by atoms with E-state index in [9.17, 15) is 9.59 Å². The Morgan fingerprint density at radius 3 is 2.58 bits per heavy atom. The fourth-order valence-corrected chi connectivity index (χ4v) is 6.97. The van der Waals surface area contributed by atoms with Gasteiger partial charge in [-0.25, -0.2) is 4.98 Å². The van der Waals surface area contributed by atoms with Crippen LogP contribution in [0.4, 0.5) is 5.69 Å². The number of nitrogens with zero attached hydrogens (tertiary/aromatic N) is 3. The van der Waals surface area contributed by atoms with Gasteiger partial charge < -0.3 is 14.5 Å². The van der Waals surface area contributed by atoms with Crippen LogP contribution in [0.15, 0.2) is 104 Å². The minimum Gasteiger partial charge on any atom is -0.482 e. The first-order valence-electron chi connectivity index (χ1n) is 13.0. The number of carbonyl (C=O) groups excluding carboxylic acids is 1. The van der Waals surface area contributed by atoms with Crippen molar-refractivity contribution in [3.63, 3.8) is 0 Å². The molecule has 1 N–H and O–H groups in total. The van der Waals surface area contributed by atoms with Gasteiger partial charge >= 0.3 is 0 Å². The topological polar surface area (TPSA) is 98.7 Å². The number of aromatic nitrogens is 2. The lowest BCUT2D eigenvalue weighted by Crippen LogP contribution is -2.21. The molecule has 43 heavy (non-hydrogen) atoms. The van der Waals surface area contributed by atoms with Gasteiger partial charge in [-0.1, -0.05) is 46.3 Å². The van der Waals surface area contributed by atoms with E-state index in [2.05, 4.69) is 71.5 Å². The molecule has 8 nitrogen and oxygen atoms in total. The maximum Gasteiger partial charge on any atom is 0.282 e. The molecule has 0 radical (unpaired) electrons. The summed E-state index contributed by atoms with van der Waals surface area (Å²) >= 11 is 7.82. The zero-order chi connectivity index (χ0) is 30.1. The smallest absolute Gasteiger partial charge is 0.282 e. The van der Waals surface area contributed by atoms with Crippen molar-refractivity contribution in [1.29, 1.82) is 0 Å². The number of fused-ring (bicyclic) bond motifs is 2. The molecule has 214 valence electrons. The summed E-state index contributed by atoms with van der Waals surface area (Å²) in [6, 6.07) is 26.0. The maximum atomic E-state index is 13.6. The number of rotatable bonds is 7. The first kappa shape index (κ1) is 29.5. The second kappa shape index (κ2) is 12.6. The summed E-state index contributed by atoms with van der Waals surface area (Å²) in [5.74, 6) is 1.05. The van der Waals surface area contributed by atoms with Crippen LogP contribution in [0.5, 0.6) is 5.75 Å².